The molecular weight excluding hydrogens is 372 g/mol. The number of aromatic amines is 1. The first kappa shape index (κ1) is 18.2. The Morgan fingerprint density at radius 3 is 2.36 bits per heavy atom. The molecule has 0 aliphatic rings. The van der Waals surface area contributed by atoms with Crippen LogP contribution in [0.3, 0.4) is 0 Å². The molecule has 28 heavy (non-hydrogen) atoms. The molecule has 2 aromatic heterocycles. The molecule has 0 saturated heterocycles. The molecule has 2 heterocycles. The van der Waals surface area contributed by atoms with Crippen LogP contribution in [0.5, 0.6) is 5.75 Å². The van der Waals surface area contributed by atoms with Crippen LogP contribution < -0.4 is 5.32 Å². The summed E-state index contributed by atoms with van der Waals surface area (Å²) in [5.74, 6) is 0.785. The number of nitrogens with zero attached hydrogens (tertiary/aromatic N) is 2. The lowest BCUT2D eigenvalue weighted by Gasteiger charge is -2.04. The van der Waals surface area contributed by atoms with Crippen molar-refractivity contribution >= 4 is 11.6 Å². The summed E-state index contributed by atoms with van der Waals surface area (Å²) in [6, 6.07) is 17.2. The van der Waals surface area contributed by atoms with Crippen molar-refractivity contribution in [2.75, 3.05) is 7.05 Å². The minimum atomic E-state index is 0.0285. The summed E-state index contributed by atoms with van der Waals surface area (Å²) >= 11 is 5.97. The van der Waals surface area contributed by atoms with Gasteiger partial charge in [0.1, 0.15) is 11.6 Å². The van der Waals surface area contributed by atoms with Gasteiger partial charge in [0.05, 0.1) is 16.4 Å². The SMILES string of the molecule is CNCc1ccc(-c2nc(-c3ccc(Cl)c(O)c3)c(-c3ccncc3)[nH]2)cc1. The number of pyridine rings is 1. The van der Waals surface area contributed by atoms with E-state index in [0.717, 1.165) is 40.4 Å². The molecule has 5 nitrogen and oxygen atoms in total. The molecule has 140 valence electrons. The Kier molecular flexibility index (Phi) is 5.10. The Balaban J connectivity index is 1.83. The van der Waals surface area contributed by atoms with Crippen LogP contribution in [-0.2, 0) is 6.54 Å². The third-order valence-electron chi connectivity index (χ3n) is 4.50. The van der Waals surface area contributed by atoms with Gasteiger partial charge in [-0.2, -0.15) is 0 Å². The number of hydrogen-bond donors (Lipinski definition) is 3. The molecule has 0 aliphatic heterocycles. The Bertz CT molecular complexity index is 1090. The highest BCUT2D eigenvalue weighted by atomic mass is 35.5. The molecule has 0 saturated carbocycles. The van der Waals surface area contributed by atoms with Crippen molar-refractivity contribution in [2.24, 2.45) is 0 Å². The van der Waals surface area contributed by atoms with E-state index in [1.54, 1.807) is 24.5 Å². The average molecular weight is 391 g/mol. The number of phenolic OH excluding ortho intramolecular Hbond substituents is 1. The van der Waals surface area contributed by atoms with Gasteiger partial charge in [0, 0.05) is 35.6 Å². The Hall–Kier alpha value is -3.15. The summed E-state index contributed by atoms with van der Waals surface area (Å²) in [6.07, 6.45) is 3.48. The van der Waals surface area contributed by atoms with E-state index in [0.29, 0.717) is 5.02 Å². The van der Waals surface area contributed by atoms with Crippen LogP contribution in [0.1, 0.15) is 5.56 Å². The van der Waals surface area contributed by atoms with Crippen molar-refractivity contribution in [1.29, 1.82) is 0 Å². The number of H-pyrrole nitrogens is 1. The quantitative estimate of drug-likeness (QED) is 0.454. The number of hydrogen-bond acceptors (Lipinski definition) is 4. The monoisotopic (exact) mass is 390 g/mol. The molecule has 0 aliphatic carbocycles. The standard InChI is InChI=1S/C22H19ClN4O/c1-24-13-14-2-4-16(5-3-14)22-26-20(15-8-10-25-11-9-15)21(27-22)17-6-7-18(23)19(28)12-17/h2-12,24,28H,13H2,1H3,(H,26,27). The van der Waals surface area contributed by atoms with Crippen LogP contribution >= 0.6 is 11.6 Å². The summed E-state index contributed by atoms with van der Waals surface area (Å²) in [6.45, 7) is 0.815. The van der Waals surface area contributed by atoms with Crippen LogP contribution in [0, 0.1) is 0 Å². The molecular formula is C22H19ClN4O. The summed E-state index contributed by atoms with van der Waals surface area (Å²) in [5.41, 5.74) is 5.54. The van der Waals surface area contributed by atoms with E-state index in [1.807, 2.05) is 37.4 Å². The van der Waals surface area contributed by atoms with Gasteiger partial charge < -0.3 is 15.4 Å². The van der Waals surface area contributed by atoms with Crippen LogP contribution in [0.4, 0.5) is 0 Å². The zero-order valence-electron chi connectivity index (χ0n) is 15.3. The summed E-state index contributed by atoms with van der Waals surface area (Å²) in [4.78, 5) is 12.4. The first-order valence-electron chi connectivity index (χ1n) is 8.89. The maximum Gasteiger partial charge on any atom is 0.138 e. The van der Waals surface area contributed by atoms with E-state index in [1.165, 1.54) is 5.56 Å². The second-order valence-electron chi connectivity index (χ2n) is 6.44. The van der Waals surface area contributed by atoms with E-state index in [9.17, 15) is 5.11 Å². The third-order valence-corrected chi connectivity index (χ3v) is 4.82. The summed E-state index contributed by atoms with van der Waals surface area (Å²) in [5, 5.41) is 13.5. The first-order valence-corrected chi connectivity index (χ1v) is 9.26. The number of aromatic hydroxyl groups is 1. The van der Waals surface area contributed by atoms with Crippen molar-refractivity contribution in [3.63, 3.8) is 0 Å². The van der Waals surface area contributed by atoms with Gasteiger partial charge >= 0.3 is 0 Å². The number of benzene rings is 2. The highest BCUT2D eigenvalue weighted by molar-refractivity contribution is 6.32. The molecule has 4 aromatic rings. The van der Waals surface area contributed by atoms with Crippen molar-refractivity contribution in [2.45, 2.75) is 6.54 Å². The first-order chi connectivity index (χ1) is 13.7. The van der Waals surface area contributed by atoms with Crippen LogP contribution in [0.25, 0.3) is 33.9 Å². The Morgan fingerprint density at radius 1 is 0.964 bits per heavy atom. The number of nitrogens with one attached hydrogen (secondary N) is 2. The van der Waals surface area contributed by atoms with Crippen LogP contribution in [-0.4, -0.2) is 27.1 Å². The van der Waals surface area contributed by atoms with Crippen molar-refractivity contribution in [3.05, 3.63) is 77.6 Å². The maximum atomic E-state index is 10.0. The van der Waals surface area contributed by atoms with E-state index < -0.39 is 0 Å². The maximum absolute atomic E-state index is 10.0. The smallest absolute Gasteiger partial charge is 0.138 e. The zero-order chi connectivity index (χ0) is 19.5. The van der Waals surface area contributed by atoms with Gasteiger partial charge in [0.2, 0.25) is 0 Å². The van der Waals surface area contributed by atoms with Gasteiger partial charge in [-0.15, -0.1) is 0 Å². The molecule has 0 fully saturated rings. The second kappa shape index (κ2) is 7.84. The van der Waals surface area contributed by atoms with Gasteiger partial charge in [-0.3, -0.25) is 4.98 Å². The lowest BCUT2D eigenvalue weighted by atomic mass is 10.1. The zero-order valence-corrected chi connectivity index (χ0v) is 16.0. The Labute approximate surface area is 168 Å². The van der Waals surface area contributed by atoms with E-state index >= 15 is 0 Å². The van der Waals surface area contributed by atoms with Crippen LogP contribution in [0.2, 0.25) is 5.02 Å². The van der Waals surface area contributed by atoms with Crippen molar-refractivity contribution < 1.29 is 5.11 Å². The van der Waals surface area contributed by atoms with E-state index in [-0.39, 0.29) is 5.75 Å². The highest BCUT2D eigenvalue weighted by Gasteiger charge is 2.16. The molecule has 6 heteroatoms. The van der Waals surface area contributed by atoms with Gasteiger partial charge in [0.25, 0.3) is 0 Å². The second-order valence-corrected chi connectivity index (χ2v) is 6.85. The minimum absolute atomic E-state index is 0.0285. The number of aromatic nitrogens is 3. The Morgan fingerprint density at radius 2 is 1.68 bits per heavy atom. The molecule has 0 amide bonds. The molecule has 0 radical (unpaired) electrons. The van der Waals surface area contributed by atoms with Gasteiger partial charge in [0.15, 0.2) is 0 Å². The third kappa shape index (κ3) is 3.63. The summed E-state index contributed by atoms with van der Waals surface area (Å²) < 4.78 is 0. The normalized spacial score (nSPS) is 10.9. The van der Waals surface area contributed by atoms with Gasteiger partial charge in [-0.05, 0) is 36.9 Å². The van der Waals surface area contributed by atoms with E-state index in [4.69, 9.17) is 16.6 Å². The molecule has 0 atom stereocenters. The average Bonchev–Trinajstić information content (AvgIpc) is 3.17. The highest BCUT2D eigenvalue weighted by Crippen LogP contribution is 2.36. The lowest BCUT2D eigenvalue weighted by Crippen LogP contribution is -2.04. The number of halogens is 1. The number of imidazole rings is 1. The largest absolute Gasteiger partial charge is 0.506 e. The van der Waals surface area contributed by atoms with Crippen molar-refractivity contribution in [1.82, 2.24) is 20.3 Å². The van der Waals surface area contributed by atoms with Gasteiger partial charge in [-0.1, -0.05) is 41.9 Å². The van der Waals surface area contributed by atoms with Crippen LogP contribution in [0.15, 0.2) is 67.0 Å². The summed E-state index contributed by atoms with van der Waals surface area (Å²) in [7, 11) is 1.93. The molecule has 0 spiro atoms. The minimum Gasteiger partial charge on any atom is -0.506 e. The lowest BCUT2D eigenvalue weighted by molar-refractivity contribution is 0.476. The number of phenols is 1. The molecule has 2 aromatic carbocycles. The molecule has 0 bridgehead atoms. The van der Waals surface area contributed by atoms with Gasteiger partial charge in [-0.25, -0.2) is 4.98 Å². The fourth-order valence-corrected chi connectivity index (χ4v) is 3.21. The molecule has 3 N–H and O–H groups in total. The fraction of sp³-hybridized carbons (Fsp3) is 0.0909. The molecule has 4 rings (SSSR count). The fourth-order valence-electron chi connectivity index (χ4n) is 3.09. The van der Waals surface area contributed by atoms with E-state index in [2.05, 4.69) is 27.4 Å². The number of rotatable bonds is 5. The topological polar surface area (TPSA) is 73.8 Å². The molecule has 0 unspecified atom stereocenters. The predicted molar refractivity (Wildman–Crippen MR) is 112 cm³/mol. The van der Waals surface area contributed by atoms with Crippen molar-refractivity contribution in [3.8, 4) is 39.7 Å². The predicted octanol–water partition coefficient (Wildman–Crippen LogP) is 4.88.